The highest BCUT2D eigenvalue weighted by Gasteiger charge is 2.46. The highest BCUT2D eigenvalue weighted by Crippen LogP contribution is 2.25. The minimum atomic E-state index is -2.92. The van der Waals surface area contributed by atoms with Gasteiger partial charge < -0.3 is 10.2 Å². The molecule has 0 bridgehead atoms. The standard InChI is InChI=1S/C12H14N2O2S2/c15-18(16)7-10-11(8-18)14(12(17)13-10)6-9-4-2-1-3-5-9/h1-5,10-11H,6-8H2,(H,13,17)/t10-,11-/m0/s1. The topological polar surface area (TPSA) is 49.4 Å². The summed E-state index contributed by atoms with van der Waals surface area (Å²) in [5, 5.41) is 3.79. The van der Waals surface area contributed by atoms with E-state index in [9.17, 15) is 8.42 Å². The highest BCUT2D eigenvalue weighted by atomic mass is 32.2. The van der Waals surface area contributed by atoms with E-state index in [-0.39, 0.29) is 23.6 Å². The van der Waals surface area contributed by atoms with E-state index in [1.54, 1.807) is 0 Å². The van der Waals surface area contributed by atoms with Gasteiger partial charge in [0.15, 0.2) is 14.9 Å². The molecule has 1 aromatic rings. The third-order valence-corrected chi connectivity index (χ3v) is 5.56. The predicted octanol–water partition coefficient (Wildman–Crippen LogP) is 0.542. The molecule has 0 aliphatic carbocycles. The molecule has 0 spiro atoms. The first-order chi connectivity index (χ1) is 8.55. The summed E-state index contributed by atoms with van der Waals surface area (Å²) in [6, 6.07) is 9.93. The average molecular weight is 282 g/mol. The van der Waals surface area contributed by atoms with Crippen molar-refractivity contribution >= 4 is 27.2 Å². The van der Waals surface area contributed by atoms with Crippen LogP contribution >= 0.6 is 12.2 Å². The van der Waals surface area contributed by atoms with Crippen LogP contribution in [0.3, 0.4) is 0 Å². The Labute approximate surface area is 112 Å². The first kappa shape index (κ1) is 11.9. The fourth-order valence-electron chi connectivity index (χ4n) is 2.64. The maximum atomic E-state index is 11.6. The zero-order valence-corrected chi connectivity index (χ0v) is 11.4. The largest absolute Gasteiger partial charge is 0.357 e. The number of nitrogens with one attached hydrogen (secondary N) is 1. The van der Waals surface area contributed by atoms with Crippen LogP contribution in [0.2, 0.25) is 0 Å². The third kappa shape index (κ3) is 2.10. The van der Waals surface area contributed by atoms with Crippen molar-refractivity contribution in [2.24, 2.45) is 0 Å². The molecule has 1 aromatic carbocycles. The lowest BCUT2D eigenvalue weighted by molar-refractivity contribution is 0.349. The van der Waals surface area contributed by atoms with Crippen molar-refractivity contribution in [2.45, 2.75) is 18.6 Å². The van der Waals surface area contributed by atoms with Crippen molar-refractivity contribution in [2.75, 3.05) is 11.5 Å². The van der Waals surface area contributed by atoms with E-state index in [0.29, 0.717) is 11.7 Å². The molecule has 6 heteroatoms. The summed E-state index contributed by atoms with van der Waals surface area (Å²) >= 11 is 5.29. The molecule has 0 unspecified atom stereocenters. The Kier molecular flexibility index (Phi) is 2.79. The molecular weight excluding hydrogens is 268 g/mol. The molecule has 0 radical (unpaired) electrons. The molecule has 96 valence electrons. The summed E-state index contributed by atoms with van der Waals surface area (Å²) < 4.78 is 23.3. The third-order valence-electron chi connectivity index (χ3n) is 3.49. The van der Waals surface area contributed by atoms with E-state index in [1.165, 1.54) is 0 Å². The van der Waals surface area contributed by atoms with Gasteiger partial charge in [0, 0.05) is 6.54 Å². The lowest BCUT2D eigenvalue weighted by atomic mass is 10.1. The molecule has 0 amide bonds. The summed E-state index contributed by atoms with van der Waals surface area (Å²) in [7, 11) is -2.92. The molecule has 2 fully saturated rings. The van der Waals surface area contributed by atoms with Crippen molar-refractivity contribution in [3.63, 3.8) is 0 Å². The van der Waals surface area contributed by atoms with Gasteiger partial charge in [0.1, 0.15) is 0 Å². The number of sulfone groups is 1. The van der Waals surface area contributed by atoms with Gasteiger partial charge in [-0.2, -0.15) is 0 Å². The first-order valence-electron chi connectivity index (χ1n) is 5.87. The van der Waals surface area contributed by atoms with Gasteiger partial charge in [-0.05, 0) is 17.8 Å². The molecular formula is C12H14N2O2S2. The second-order valence-electron chi connectivity index (χ2n) is 4.81. The summed E-state index contributed by atoms with van der Waals surface area (Å²) in [5.41, 5.74) is 1.14. The summed E-state index contributed by atoms with van der Waals surface area (Å²) in [6.07, 6.45) is 0. The summed E-state index contributed by atoms with van der Waals surface area (Å²) in [5.74, 6) is 0.404. The van der Waals surface area contributed by atoms with Crippen molar-refractivity contribution in [3.8, 4) is 0 Å². The van der Waals surface area contributed by atoms with Crippen molar-refractivity contribution in [1.29, 1.82) is 0 Å². The van der Waals surface area contributed by atoms with E-state index < -0.39 is 9.84 Å². The molecule has 2 heterocycles. The monoisotopic (exact) mass is 282 g/mol. The molecule has 1 N–H and O–H groups in total. The minimum absolute atomic E-state index is 0.0114. The Morgan fingerprint density at radius 1 is 1.28 bits per heavy atom. The quantitative estimate of drug-likeness (QED) is 0.803. The second kappa shape index (κ2) is 4.20. The summed E-state index contributed by atoms with van der Waals surface area (Å²) in [4.78, 5) is 2.00. The Hall–Kier alpha value is -1.14. The van der Waals surface area contributed by atoms with Crippen LogP contribution in [-0.2, 0) is 16.4 Å². The molecule has 4 nitrogen and oxygen atoms in total. The zero-order valence-electron chi connectivity index (χ0n) is 9.74. The SMILES string of the molecule is O=S1(=O)C[C@@H]2NC(=S)N(Cc3ccccc3)[C@H]2C1. The number of nitrogens with zero attached hydrogens (tertiary/aromatic N) is 1. The van der Waals surface area contributed by atoms with Gasteiger partial charge >= 0.3 is 0 Å². The molecule has 2 aliphatic rings. The minimum Gasteiger partial charge on any atom is -0.357 e. The van der Waals surface area contributed by atoms with Crippen LogP contribution in [-0.4, -0.2) is 42.0 Å². The fourth-order valence-corrected chi connectivity index (χ4v) is 4.91. The highest BCUT2D eigenvalue weighted by molar-refractivity contribution is 7.91. The van der Waals surface area contributed by atoms with Gasteiger partial charge in [0.25, 0.3) is 0 Å². The number of rotatable bonds is 2. The Bertz CT molecular complexity index is 571. The van der Waals surface area contributed by atoms with E-state index in [0.717, 1.165) is 5.56 Å². The summed E-state index contributed by atoms with van der Waals surface area (Å²) in [6.45, 7) is 0.670. The van der Waals surface area contributed by atoms with Crippen molar-refractivity contribution in [1.82, 2.24) is 10.2 Å². The van der Waals surface area contributed by atoms with Crippen LogP contribution in [0.4, 0.5) is 0 Å². The first-order valence-corrected chi connectivity index (χ1v) is 8.10. The number of benzene rings is 1. The molecule has 2 aliphatic heterocycles. The fraction of sp³-hybridized carbons (Fsp3) is 0.417. The smallest absolute Gasteiger partial charge is 0.169 e. The van der Waals surface area contributed by atoms with Gasteiger partial charge in [-0.15, -0.1) is 0 Å². The van der Waals surface area contributed by atoms with E-state index in [2.05, 4.69) is 5.32 Å². The number of hydrogen-bond acceptors (Lipinski definition) is 3. The second-order valence-corrected chi connectivity index (χ2v) is 7.35. The van der Waals surface area contributed by atoms with Gasteiger partial charge in [0.05, 0.1) is 23.6 Å². The van der Waals surface area contributed by atoms with Crippen LogP contribution in [0.15, 0.2) is 30.3 Å². The number of hydrogen-bond donors (Lipinski definition) is 1. The zero-order chi connectivity index (χ0) is 12.8. The van der Waals surface area contributed by atoms with Crippen LogP contribution in [0.5, 0.6) is 0 Å². The van der Waals surface area contributed by atoms with Crippen molar-refractivity contribution < 1.29 is 8.42 Å². The molecule has 18 heavy (non-hydrogen) atoms. The van der Waals surface area contributed by atoms with Crippen molar-refractivity contribution in [3.05, 3.63) is 35.9 Å². The van der Waals surface area contributed by atoms with Crippen LogP contribution in [0.1, 0.15) is 5.56 Å². The predicted molar refractivity (Wildman–Crippen MR) is 73.9 cm³/mol. The number of fused-ring (bicyclic) bond motifs is 1. The molecule has 0 aromatic heterocycles. The van der Waals surface area contributed by atoms with Gasteiger partial charge in [-0.1, -0.05) is 30.3 Å². The van der Waals surface area contributed by atoms with E-state index in [4.69, 9.17) is 12.2 Å². The Morgan fingerprint density at radius 2 is 2.00 bits per heavy atom. The molecule has 2 atom stereocenters. The molecule has 2 saturated heterocycles. The lowest BCUT2D eigenvalue weighted by Gasteiger charge is -2.23. The van der Waals surface area contributed by atoms with Crippen LogP contribution in [0.25, 0.3) is 0 Å². The lowest BCUT2D eigenvalue weighted by Crippen LogP contribution is -2.36. The normalized spacial score (nSPS) is 29.1. The Balaban J connectivity index is 1.82. The van der Waals surface area contributed by atoms with Gasteiger partial charge in [-0.25, -0.2) is 8.42 Å². The van der Waals surface area contributed by atoms with E-state index >= 15 is 0 Å². The van der Waals surface area contributed by atoms with Crippen LogP contribution < -0.4 is 5.32 Å². The molecule has 3 rings (SSSR count). The maximum Gasteiger partial charge on any atom is 0.169 e. The van der Waals surface area contributed by atoms with Gasteiger partial charge in [0.2, 0.25) is 0 Å². The maximum absolute atomic E-state index is 11.6. The average Bonchev–Trinajstić information content (AvgIpc) is 2.74. The van der Waals surface area contributed by atoms with Crippen LogP contribution in [0, 0.1) is 0 Å². The van der Waals surface area contributed by atoms with E-state index in [1.807, 2.05) is 35.2 Å². The Morgan fingerprint density at radius 3 is 2.72 bits per heavy atom. The number of thiocarbonyl (C=S) groups is 1. The van der Waals surface area contributed by atoms with Gasteiger partial charge in [-0.3, -0.25) is 0 Å². The molecule has 0 saturated carbocycles.